The van der Waals surface area contributed by atoms with Crippen LogP contribution in [0.5, 0.6) is 0 Å². The van der Waals surface area contributed by atoms with Crippen LogP contribution in [0.2, 0.25) is 0 Å². The molecule has 1 atom stereocenters. The smallest absolute Gasteiger partial charge is 0.0362 e. The summed E-state index contributed by atoms with van der Waals surface area (Å²) in [7, 11) is 0. The van der Waals surface area contributed by atoms with Crippen LogP contribution < -0.4 is 5.32 Å². The van der Waals surface area contributed by atoms with E-state index < -0.39 is 0 Å². The van der Waals surface area contributed by atoms with Crippen LogP contribution in [0.3, 0.4) is 0 Å². The summed E-state index contributed by atoms with van der Waals surface area (Å²) in [4.78, 5) is 2.84. The molecule has 1 aliphatic carbocycles. The molecule has 1 N–H and O–H groups in total. The van der Waals surface area contributed by atoms with Crippen molar-refractivity contribution in [1.82, 2.24) is 10.2 Å². The van der Waals surface area contributed by atoms with E-state index in [9.17, 15) is 0 Å². The van der Waals surface area contributed by atoms with Gasteiger partial charge in [-0.2, -0.15) is 0 Å². The first-order valence-electron chi connectivity index (χ1n) is 8.75. The number of rotatable bonds is 7. The van der Waals surface area contributed by atoms with Crippen molar-refractivity contribution in [2.45, 2.75) is 82.7 Å². The lowest BCUT2D eigenvalue weighted by Gasteiger charge is -2.49. The van der Waals surface area contributed by atoms with E-state index in [0.717, 1.165) is 13.0 Å². The Labute approximate surface area is 125 Å². The van der Waals surface area contributed by atoms with Crippen LogP contribution in [0.1, 0.15) is 71.1 Å². The fraction of sp³-hybridized carbons (Fsp3) is 0.889. The molecule has 0 aromatic heterocycles. The summed E-state index contributed by atoms with van der Waals surface area (Å²) >= 11 is 0. The maximum atomic E-state index is 5.44. The van der Waals surface area contributed by atoms with Crippen molar-refractivity contribution in [3.8, 4) is 12.3 Å². The van der Waals surface area contributed by atoms with Crippen LogP contribution in [-0.4, -0.2) is 36.1 Å². The van der Waals surface area contributed by atoms with Crippen molar-refractivity contribution in [3.05, 3.63) is 0 Å². The molecule has 2 fully saturated rings. The number of terminal acetylenes is 1. The molecule has 0 spiro atoms. The zero-order valence-corrected chi connectivity index (χ0v) is 13.3. The number of unbranched alkanes of at least 4 members (excludes halogenated alkanes) is 1. The summed E-state index contributed by atoms with van der Waals surface area (Å²) in [6.07, 6.45) is 18.6. The average molecular weight is 276 g/mol. The topological polar surface area (TPSA) is 15.3 Å². The van der Waals surface area contributed by atoms with E-state index in [1.807, 2.05) is 0 Å². The summed E-state index contributed by atoms with van der Waals surface area (Å²) in [5, 5.41) is 3.81. The van der Waals surface area contributed by atoms with Crippen LogP contribution in [0.4, 0.5) is 0 Å². The van der Waals surface area contributed by atoms with Crippen LogP contribution >= 0.6 is 0 Å². The fourth-order valence-corrected chi connectivity index (χ4v) is 4.43. The third kappa shape index (κ3) is 3.57. The molecule has 20 heavy (non-hydrogen) atoms. The number of nitrogens with one attached hydrogen (secondary N) is 1. The molecule has 2 rings (SSSR count). The highest BCUT2D eigenvalue weighted by atomic mass is 15.2. The molecule has 2 nitrogen and oxygen atoms in total. The molecule has 0 radical (unpaired) electrons. The van der Waals surface area contributed by atoms with Gasteiger partial charge < -0.3 is 5.32 Å². The van der Waals surface area contributed by atoms with Gasteiger partial charge in [-0.3, -0.25) is 4.90 Å². The quantitative estimate of drug-likeness (QED) is 0.565. The second-order valence-electron chi connectivity index (χ2n) is 6.57. The normalized spacial score (nSPS) is 24.4. The lowest BCUT2D eigenvalue weighted by molar-refractivity contribution is 0.0339. The maximum absolute atomic E-state index is 5.44. The van der Waals surface area contributed by atoms with Gasteiger partial charge in [0.05, 0.1) is 0 Å². The lowest BCUT2D eigenvalue weighted by Crippen LogP contribution is -2.61. The zero-order chi connectivity index (χ0) is 14.3. The molecule has 1 unspecified atom stereocenters. The van der Waals surface area contributed by atoms with E-state index in [1.165, 1.54) is 70.9 Å². The molecular formula is C18H32N2. The van der Waals surface area contributed by atoms with Crippen molar-refractivity contribution in [3.63, 3.8) is 0 Å². The molecule has 1 saturated heterocycles. The van der Waals surface area contributed by atoms with E-state index >= 15 is 0 Å². The van der Waals surface area contributed by atoms with Crippen molar-refractivity contribution >= 4 is 0 Å². The minimum Gasteiger partial charge on any atom is -0.312 e. The number of likely N-dealkylation sites (N-methyl/N-ethyl adjacent to an activating group) is 1. The minimum atomic E-state index is 0.436. The lowest BCUT2D eigenvalue weighted by atomic mass is 9.81. The summed E-state index contributed by atoms with van der Waals surface area (Å²) in [6.45, 7) is 5.96. The van der Waals surface area contributed by atoms with Gasteiger partial charge >= 0.3 is 0 Å². The predicted molar refractivity (Wildman–Crippen MR) is 86.8 cm³/mol. The molecular weight excluding hydrogens is 244 g/mol. The van der Waals surface area contributed by atoms with Gasteiger partial charge in [-0.15, -0.1) is 12.3 Å². The van der Waals surface area contributed by atoms with E-state index in [0.29, 0.717) is 11.6 Å². The molecule has 0 aromatic carbocycles. The predicted octanol–water partition coefficient (Wildman–Crippen LogP) is 3.57. The van der Waals surface area contributed by atoms with Gasteiger partial charge in [0, 0.05) is 18.0 Å². The van der Waals surface area contributed by atoms with Gasteiger partial charge in [-0.25, -0.2) is 0 Å². The van der Waals surface area contributed by atoms with Crippen LogP contribution in [0.25, 0.3) is 0 Å². The summed E-state index contributed by atoms with van der Waals surface area (Å²) in [5.41, 5.74) is 0.436. The number of likely N-dealkylation sites (tertiary alicyclic amines) is 1. The van der Waals surface area contributed by atoms with E-state index in [2.05, 4.69) is 23.1 Å². The molecule has 1 saturated carbocycles. The Balaban J connectivity index is 2.07. The van der Waals surface area contributed by atoms with E-state index in [4.69, 9.17) is 6.42 Å². The second kappa shape index (κ2) is 8.05. The number of hydrogen-bond acceptors (Lipinski definition) is 2. The molecule has 2 aliphatic rings. The number of nitrogens with zero attached hydrogens (tertiary/aromatic N) is 1. The maximum Gasteiger partial charge on any atom is 0.0362 e. The average Bonchev–Trinajstić information content (AvgIpc) is 2.98. The molecule has 1 heterocycles. The van der Waals surface area contributed by atoms with Crippen molar-refractivity contribution in [2.75, 3.05) is 19.6 Å². The Hall–Kier alpha value is -0.520. The molecule has 0 aromatic rings. The van der Waals surface area contributed by atoms with E-state index in [-0.39, 0.29) is 0 Å². The molecule has 1 aliphatic heterocycles. The Morgan fingerprint density at radius 3 is 2.45 bits per heavy atom. The highest BCUT2D eigenvalue weighted by Gasteiger charge is 2.45. The van der Waals surface area contributed by atoms with Crippen molar-refractivity contribution in [2.24, 2.45) is 0 Å². The largest absolute Gasteiger partial charge is 0.312 e. The molecule has 0 bridgehead atoms. The first-order valence-corrected chi connectivity index (χ1v) is 8.75. The highest BCUT2D eigenvalue weighted by Crippen LogP contribution is 2.41. The highest BCUT2D eigenvalue weighted by molar-refractivity contribution is 5.04. The SMILES string of the molecule is C#CCCCC(NCC)C1(N2CCCCC2)CCCC1. The summed E-state index contributed by atoms with van der Waals surface area (Å²) in [5.74, 6) is 2.81. The Bertz CT molecular complexity index is 306. The zero-order valence-electron chi connectivity index (χ0n) is 13.3. The minimum absolute atomic E-state index is 0.436. The van der Waals surface area contributed by atoms with Crippen LogP contribution in [0, 0.1) is 12.3 Å². The Kier molecular flexibility index (Phi) is 6.39. The first kappa shape index (κ1) is 15.9. The van der Waals surface area contributed by atoms with Gasteiger partial charge in [0.2, 0.25) is 0 Å². The number of piperidine rings is 1. The second-order valence-corrected chi connectivity index (χ2v) is 6.57. The third-order valence-electron chi connectivity index (χ3n) is 5.37. The van der Waals surface area contributed by atoms with Gasteiger partial charge in [-0.1, -0.05) is 26.2 Å². The summed E-state index contributed by atoms with van der Waals surface area (Å²) in [6, 6.07) is 0.640. The summed E-state index contributed by atoms with van der Waals surface area (Å²) < 4.78 is 0. The Morgan fingerprint density at radius 1 is 1.15 bits per heavy atom. The monoisotopic (exact) mass is 276 g/mol. The van der Waals surface area contributed by atoms with Crippen molar-refractivity contribution < 1.29 is 0 Å². The standard InChI is InChI=1S/C18H32N2/c1-3-5-7-12-17(19-4-2)18(13-8-9-14-18)20-15-10-6-11-16-20/h1,17,19H,4-16H2,2H3. The van der Waals surface area contributed by atoms with Crippen LogP contribution in [0.15, 0.2) is 0 Å². The van der Waals surface area contributed by atoms with Gasteiger partial charge in [0.1, 0.15) is 0 Å². The van der Waals surface area contributed by atoms with Crippen LogP contribution in [-0.2, 0) is 0 Å². The molecule has 114 valence electrons. The first-order chi connectivity index (χ1) is 9.83. The van der Waals surface area contributed by atoms with E-state index in [1.54, 1.807) is 0 Å². The van der Waals surface area contributed by atoms with Gasteiger partial charge in [-0.05, 0) is 58.2 Å². The van der Waals surface area contributed by atoms with Gasteiger partial charge in [0.15, 0.2) is 0 Å². The molecule has 0 amide bonds. The fourth-order valence-electron chi connectivity index (χ4n) is 4.43. The molecule has 2 heteroatoms. The van der Waals surface area contributed by atoms with Gasteiger partial charge in [0.25, 0.3) is 0 Å². The van der Waals surface area contributed by atoms with Crippen molar-refractivity contribution in [1.29, 1.82) is 0 Å². The Morgan fingerprint density at radius 2 is 1.85 bits per heavy atom. The number of hydrogen-bond donors (Lipinski definition) is 1. The third-order valence-corrected chi connectivity index (χ3v) is 5.37.